The van der Waals surface area contributed by atoms with E-state index in [1.807, 2.05) is 104 Å². The average molecular weight is 1060 g/mol. The summed E-state index contributed by atoms with van der Waals surface area (Å²) in [6.45, 7) is 21.8. The minimum Gasteiger partial charge on any atom is -0.492 e. The van der Waals surface area contributed by atoms with Crippen LogP contribution in [0.15, 0.2) is 84.9 Å². The first kappa shape index (κ1) is 57.4. The van der Waals surface area contributed by atoms with Gasteiger partial charge in [0, 0.05) is 35.6 Å². The SMILES string of the molecule is CC.CC.CCN(CCOc1ccc(NCS)cc1)C(=O)OC(C)(C)C.CCNCCOc1ccc(Nc2nc(N)c(C(=O)c3ccc4c(c3)OCO4)s2)cc1.O=C(CBr)c1ccc2c(c1)OCO2. The minimum atomic E-state index is -0.485. The first-order valence-corrected chi connectivity index (χ1v) is 25.3. The number of aromatic nitrogens is 1. The van der Waals surface area contributed by atoms with Crippen molar-refractivity contribution in [3.8, 4) is 34.5 Å². The van der Waals surface area contributed by atoms with E-state index in [-0.39, 0.29) is 37.1 Å². The van der Waals surface area contributed by atoms with E-state index < -0.39 is 5.60 Å². The molecule has 2 aliphatic heterocycles. The highest BCUT2D eigenvalue weighted by atomic mass is 79.9. The minimum absolute atomic E-state index is 0.0401. The number of ketones is 2. The van der Waals surface area contributed by atoms with Gasteiger partial charge in [0.2, 0.25) is 19.4 Å². The zero-order chi connectivity index (χ0) is 50.8. The van der Waals surface area contributed by atoms with Gasteiger partial charge in [0.15, 0.2) is 33.9 Å². The molecule has 19 heteroatoms. The van der Waals surface area contributed by atoms with Gasteiger partial charge in [-0.3, -0.25) is 9.59 Å². The third-order valence-electron chi connectivity index (χ3n) is 9.01. The maximum absolute atomic E-state index is 12.9. The molecule has 1 aromatic heterocycles. The van der Waals surface area contributed by atoms with Crippen molar-refractivity contribution in [1.29, 1.82) is 0 Å². The van der Waals surface area contributed by atoms with Crippen LogP contribution in [0.3, 0.4) is 0 Å². The number of alkyl halides is 1. The van der Waals surface area contributed by atoms with Gasteiger partial charge in [-0.2, -0.15) is 12.6 Å². The molecule has 5 N–H and O–H groups in total. The second-order valence-electron chi connectivity index (χ2n) is 14.9. The molecule has 0 bridgehead atoms. The number of amides is 1. The summed E-state index contributed by atoms with van der Waals surface area (Å²) in [6.07, 6.45) is -0.313. The number of Topliss-reactive ketones (excluding diaryl/α,β-unsaturated/α-hetero) is 1. The zero-order valence-electron chi connectivity index (χ0n) is 40.9. The first-order chi connectivity index (χ1) is 33.3. The van der Waals surface area contributed by atoms with Crippen LogP contribution in [0.4, 0.5) is 27.1 Å². The number of nitrogens with zero attached hydrogens (tertiary/aromatic N) is 2. The van der Waals surface area contributed by atoms with E-state index in [2.05, 4.69) is 56.4 Å². The van der Waals surface area contributed by atoms with Gasteiger partial charge in [-0.25, -0.2) is 9.78 Å². The largest absolute Gasteiger partial charge is 0.492 e. The number of benzene rings is 4. The van der Waals surface area contributed by atoms with Gasteiger partial charge < -0.3 is 59.7 Å². The number of anilines is 4. The van der Waals surface area contributed by atoms with Crippen molar-refractivity contribution in [2.75, 3.05) is 80.6 Å². The van der Waals surface area contributed by atoms with Crippen molar-refractivity contribution in [2.45, 2.75) is 67.9 Å². The number of halogens is 1. The highest BCUT2D eigenvalue weighted by Gasteiger charge is 2.23. The Balaban J connectivity index is 0.000000283. The number of nitrogens with one attached hydrogen (secondary N) is 3. The molecule has 2 aliphatic rings. The van der Waals surface area contributed by atoms with Crippen molar-refractivity contribution in [3.05, 3.63) is 101 Å². The predicted molar refractivity (Wildman–Crippen MR) is 283 cm³/mol. The number of fused-ring (bicyclic) bond motifs is 2. The molecule has 0 atom stereocenters. The van der Waals surface area contributed by atoms with Crippen LogP contribution < -0.4 is 50.1 Å². The summed E-state index contributed by atoms with van der Waals surface area (Å²) in [6, 6.07) is 25.4. The van der Waals surface area contributed by atoms with Gasteiger partial charge in [-0.15, -0.1) is 0 Å². The second kappa shape index (κ2) is 30.6. The van der Waals surface area contributed by atoms with E-state index in [0.717, 1.165) is 36.0 Å². The molecule has 0 aliphatic carbocycles. The first-order valence-electron chi connectivity index (χ1n) is 22.8. The topological polar surface area (TPSA) is 194 Å². The van der Waals surface area contributed by atoms with E-state index in [4.69, 9.17) is 38.9 Å². The van der Waals surface area contributed by atoms with E-state index in [1.165, 1.54) is 11.3 Å². The third kappa shape index (κ3) is 19.2. The Bertz CT molecular complexity index is 2330. The fourth-order valence-electron chi connectivity index (χ4n) is 5.78. The summed E-state index contributed by atoms with van der Waals surface area (Å²) in [5.74, 6) is 4.68. The number of carbonyl (C=O) groups excluding carboxylic acids is 3. The summed E-state index contributed by atoms with van der Waals surface area (Å²) >= 11 is 8.42. The van der Waals surface area contributed by atoms with E-state index >= 15 is 0 Å². The molecule has 7 rings (SSSR count). The van der Waals surface area contributed by atoms with Crippen molar-refractivity contribution in [1.82, 2.24) is 15.2 Å². The van der Waals surface area contributed by atoms with Crippen LogP contribution in [0, 0.1) is 0 Å². The summed E-state index contributed by atoms with van der Waals surface area (Å²) in [5.41, 5.74) is 8.45. The number of nitrogen functional groups attached to an aromatic ring is 1. The molecule has 16 nitrogen and oxygen atoms in total. The Hall–Kier alpha value is -5.89. The van der Waals surface area contributed by atoms with Gasteiger partial charge >= 0.3 is 6.09 Å². The Morgan fingerprint density at radius 1 is 0.783 bits per heavy atom. The van der Waals surface area contributed by atoms with Crippen molar-refractivity contribution in [2.24, 2.45) is 0 Å². The van der Waals surface area contributed by atoms with Crippen LogP contribution in [-0.2, 0) is 4.74 Å². The Kier molecular flexibility index (Phi) is 25.4. The monoisotopic (exact) mass is 1050 g/mol. The maximum atomic E-state index is 12.9. The predicted octanol–water partition coefficient (Wildman–Crippen LogP) is 11.1. The van der Waals surface area contributed by atoms with Gasteiger partial charge in [-0.1, -0.05) is 61.9 Å². The number of thiol groups is 1. The Labute approximate surface area is 424 Å². The van der Waals surface area contributed by atoms with Gasteiger partial charge in [0.05, 0.1) is 17.8 Å². The molecule has 5 aromatic rings. The van der Waals surface area contributed by atoms with Crippen LogP contribution in [0.25, 0.3) is 0 Å². The van der Waals surface area contributed by atoms with Crippen LogP contribution in [0.1, 0.15) is 87.9 Å². The number of likely N-dealkylation sites (N-methyl/N-ethyl adjacent to an activating group) is 2. The fraction of sp³-hybridized carbons (Fsp3) is 0.400. The lowest BCUT2D eigenvalue weighted by Gasteiger charge is -2.26. The molecule has 4 aromatic carbocycles. The summed E-state index contributed by atoms with van der Waals surface area (Å²) in [5, 5.41) is 10.3. The van der Waals surface area contributed by atoms with Crippen LogP contribution >= 0.6 is 39.9 Å². The van der Waals surface area contributed by atoms with Gasteiger partial charge in [0.1, 0.15) is 41.0 Å². The maximum Gasteiger partial charge on any atom is 0.410 e. The number of hydrogen-bond acceptors (Lipinski definition) is 17. The lowest BCUT2D eigenvalue weighted by molar-refractivity contribution is 0.0237. The smallest absolute Gasteiger partial charge is 0.410 e. The van der Waals surface area contributed by atoms with Crippen molar-refractivity contribution >= 4 is 79.9 Å². The van der Waals surface area contributed by atoms with Gasteiger partial charge in [-0.05, 0) is 119 Å². The lowest BCUT2D eigenvalue weighted by atomic mass is 10.1. The molecular formula is C50H67BrN6O10S2. The summed E-state index contributed by atoms with van der Waals surface area (Å²) < 4.78 is 37.6. The van der Waals surface area contributed by atoms with Crippen LogP contribution in [0.2, 0.25) is 0 Å². The molecule has 69 heavy (non-hydrogen) atoms. The summed E-state index contributed by atoms with van der Waals surface area (Å²) in [4.78, 5) is 42.4. The second-order valence-corrected chi connectivity index (χ2v) is 16.8. The average Bonchev–Trinajstić information content (AvgIpc) is 4.13. The Morgan fingerprint density at radius 3 is 1.86 bits per heavy atom. The van der Waals surface area contributed by atoms with E-state index in [0.29, 0.717) is 81.6 Å². The van der Waals surface area contributed by atoms with Gasteiger partial charge in [0.25, 0.3) is 0 Å². The molecule has 3 heterocycles. The summed E-state index contributed by atoms with van der Waals surface area (Å²) in [7, 11) is 0. The van der Waals surface area contributed by atoms with Crippen LogP contribution in [-0.4, -0.2) is 97.3 Å². The molecule has 0 saturated carbocycles. The number of rotatable bonds is 18. The van der Waals surface area contributed by atoms with Crippen molar-refractivity contribution < 1.29 is 47.5 Å². The van der Waals surface area contributed by atoms with Crippen LogP contribution in [0.5, 0.6) is 34.5 Å². The fourth-order valence-corrected chi connectivity index (χ4v) is 7.15. The highest BCUT2D eigenvalue weighted by molar-refractivity contribution is 9.09. The number of hydrogen-bond donors (Lipinski definition) is 5. The highest BCUT2D eigenvalue weighted by Crippen LogP contribution is 2.36. The normalized spacial score (nSPS) is 11.3. The number of carbonyl (C=O) groups is 3. The van der Waals surface area contributed by atoms with Crippen molar-refractivity contribution in [3.63, 3.8) is 0 Å². The molecule has 1 amide bonds. The number of ether oxygens (including phenoxy) is 7. The Morgan fingerprint density at radius 2 is 1.32 bits per heavy atom. The number of thiazole rings is 1. The third-order valence-corrected chi connectivity index (χ3v) is 10.7. The standard InChI is InChI=1S/C21H22N4O4S.C16H26N2O3S.C9H7BrO3.2C2H6/c1-2-23-9-10-27-15-6-4-14(5-7-15)24-21-25-20(22)19(30-21)18(26)13-3-8-16-17(11-13)29-12-28-16;1-5-18(15(19)21-16(2,3)4)10-11-20-14-8-6-13(7-9-14)17-12-22;10-4-7(11)6-1-2-8-9(3-6)13-5-12-8;2*1-2/h3-8,11,23H,2,9-10,12,22H2,1H3,(H,24,25);6-9,17,22H,5,10-12H2,1-4H3;1-3H,4-5H2;2*1-2H3. The molecule has 0 radical (unpaired) electrons. The molecule has 0 saturated heterocycles. The molecule has 0 fully saturated rings. The quantitative estimate of drug-likeness (QED) is 0.0183. The lowest BCUT2D eigenvalue weighted by Crippen LogP contribution is -2.38. The molecule has 0 unspecified atom stereocenters. The molecule has 376 valence electrons. The molecule has 0 spiro atoms. The van der Waals surface area contributed by atoms with E-state index in [1.54, 1.807) is 41.3 Å². The molecular weight excluding hydrogens is 989 g/mol. The zero-order valence-corrected chi connectivity index (χ0v) is 44.2. The van der Waals surface area contributed by atoms with E-state index in [9.17, 15) is 14.4 Å². The number of nitrogens with two attached hydrogens (primary N) is 1.